The summed E-state index contributed by atoms with van der Waals surface area (Å²) < 4.78 is 0. The van der Waals surface area contributed by atoms with E-state index in [4.69, 9.17) is 0 Å². The van der Waals surface area contributed by atoms with Gasteiger partial charge in [0, 0.05) is 19.5 Å². The first-order valence-electron chi connectivity index (χ1n) is 7.94. The van der Waals surface area contributed by atoms with Gasteiger partial charge < -0.3 is 10.2 Å². The van der Waals surface area contributed by atoms with Gasteiger partial charge in [0.25, 0.3) is 0 Å². The Hall–Kier alpha value is -0.570. The molecule has 0 bridgehead atoms. The maximum absolute atomic E-state index is 11.4. The van der Waals surface area contributed by atoms with E-state index in [0.29, 0.717) is 6.42 Å². The van der Waals surface area contributed by atoms with Gasteiger partial charge in [-0.3, -0.25) is 4.79 Å². The second kappa shape index (κ2) is 11.3. The normalized spacial score (nSPS) is 11.6. The lowest BCUT2D eigenvalue weighted by Gasteiger charge is -2.24. The van der Waals surface area contributed by atoms with Crippen molar-refractivity contribution in [1.29, 1.82) is 0 Å². The van der Waals surface area contributed by atoms with E-state index in [9.17, 15) is 4.79 Å². The third-order valence-electron chi connectivity index (χ3n) is 3.27. The number of rotatable bonds is 11. The van der Waals surface area contributed by atoms with E-state index in [1.165, 1.54) is 12.8 Å². The molecule has 0 saturated carbocycles. The van der Waals surface area contributed by atoms with E-state index >= 15 is 0 Å². The maximum Gasteiger partial charge on any atom is 0.220 e. The molecule has 19 heavy (non-hydrogen) atoms. The maximum atomic E-state index is 11.4. The van der Waals surface area contributed by atoms with Crippen LogP contribution in [0.3, 0.4) is 0 Å². The summed E-state index contributed by atoms with van der Waals surface area (Å²) in [6, 6.07) is 0. The highest BCUT2D eigenvalue weighted by atomic mass is 16.1. The highest BCUT2D eigenvalue weighted by molar-refractivity contribution is 5.75. The lowest BCUT2D eigenvalue weighted by Crippen LogP contribution is -2.36. The van der Waals surface area contributed by atoms with Gasteiger partial charge in [-0.05, 0) is 44.2 Å². The highest BCUT2D eigenvalue weighted by Crippen LogP contribution is 2.06. The Balaban J connectivity index is 3.92. The van der Waals surface area contributed by atoms with Gasteiger partial charge in [-0.2, -0.15) is 0 Å². The summed E-state index contributed by atoms with van der Waals surface area (Å²) in [5.74, 6) is 1.68. The van der Waals surface area contributed by atoms with Crippen molar-refractivity contribution in [2.75, 3.05) is 26.2 Å². The summed E-state index contributed by atoms with van der Waals surface area (Å²) in [4.78, 5) is 13.9. The van der Waals surface area contributed by atoms with Gasteiger partial charge >= 0.3 is 0 Å². The molecule has 0 rings (SSSR count). The standard InChI is InChI=1S/C16H34N2O/c1-6-7-16(19)17-10-13-18(11-8-14(2)3)12-9-15(4)5/h14-15H,6-13H2,1-5H3,(H,17,19). The fourth-order valence-electron chi connectivity index (χ4n) is 1.89. The molecule has 3 heteroatoms. The van der Waals surface area contributed by atoms with Crippen LogP contribution in [0.15, 0.2) is 0 Å². The van der Waals surface area contributed by atoms with E-state index in [0.717, 1.165) is 44.4 Å². The van der Waals surface area contributed by atoms with Crippen LogP contribution >= 0.6 is 0 Å². The largest absolute Gasteiger partial charge is 0.355 e. The summed E-state index contributed by atoms with van der Waals surface area (Å²) in [5, 5.41) is 3.01. The third kappa shape index (κ3) is 12.2. The van der Waals surface area contributed by atoms with Gasteiger partial charge in [0.15, 0.2) is 0 Å². The molecule has 0 aromatic heterocycles. The molecule has 1 amide bonds. The molecular weight excluding hydrogens is 236 g/mol. The minimum atomic E-state index is 0.190. The van der Waals surface area contributed by atoms with Crippen molar-refractivity contribution in [3.8, 4) is 0 Å². The van der Waals surface area contributed by atoms with Crippen LogP contribution in [-0.4, -0.2) is 37.0 Å². The molecule has 0 aliphatic carbocycles. The van der Waals surface area contributed by atoms with Crippen LogP contribution in [0.5, 0.6) is 0 Å². The second-order valence-electron chi connectivity index (χ2n) is 6.31. The topological polar surface area (TPSA) is 32.3 Å². The van der Waals surface area contributed by atoms with Crippen molar-refractivity contribution < 1.29 is 4.79 Å². The highest BCUT2D eigenvalue weighted by Gasteiger charge is 2.08. The van der Waals surface area contributed by atoms with Gasteiger partial charge in [0.2, 0.25) is 5.91 Å². The van der Waals surface area contributed by atoms with Crippen LogP contribution in [0, 0.1) is 11.8 Å². The summed E-state index contributed by atoms with van der Waals surface area (Å²) in [6.07, 6.45) is 4.05. The first-order valence-corrected chi connectivity index (χ1v) is 7.94. The van der Waals surface area contributed by atoms with Crippen LogP contribution in [0.2, 0.25) is 0 Å². The van der Waals surface area contributed by atoms with E-state index in [2.05, 4.69) is 37.9 Å². The monoisotopic (exact) mass is 270 g/mol. The molecule has 0 saturated heterocycles. The Labute approximate surface area is 120 Å². The minimum absolute atomic E-state index is 0.190. The van der Waals surface area contributed by atoms with Gasteiger partial charge in [0.05, 0.1) is 0 Å². The molecule has 0 fully saturated rings. The van der Waals surface area contributed by atoms with Gasteiger partial charge in [0.1, 0.15) is 0 Å². The first-order chi connectivity index (χ1) is 8.95. The smallest absolute Gasteiger partial charge is 0.220 e. The Morgan fingerprint density at radius 1 is 1.00 bits per heavy atom. The number of hydrogen-bond acceptors (Lipinski definition) is 2. The molecule has 0 aliphatic heterocycles. The van der Waals surface area contributed by atoms with Gasteiger partial charge in [-0.25, -0.2) is 0 Å². The predicted octanol–water partition coefficient (Wildman–Crippen LogP) is 3.30. The molecule has 114 valence electrons. The Bertz CT molecular complexity index is 215. The van der Waals surface area contributed by atoms with Crippen LogP contribution in [0.1, 0.15) is 60.3 Å². The van der Waals surface area contributed by atoms with Crippen LogP contribution in [0.25, 0.3) is 0 Å². The van der Waals surface area contributed by atoms with Crippen molar-refractivity contribution in [1.82, 2.24) is 10.2 Å². The first kappa shape index (κ1) is 18.4. The van der Waals surface area contributed by atoms with Crippen LogP contribution < -0.4 is 5.32 Å². The number of carbonyl (C=O) groups is 1. The summed E-state index contributed by atoms with van der Waals surface area (Å²) in [7, 11) is 0. The fourth-order valence-corrected chi connectivity index (χ4v) is 1.89. The van der Waals surface area contributed by atoms with Crippen LogP contribution in [-0.2, 0) is 4.79 Å². The molecule has 0 heterocycles. The predicted molar refractivity (Wildman–Crippen MR) is 83.3 cm³/mol. The molecule has 0 radical (unpaired) electrons. The summed E-state index contributed by atoms with van der Waals surface area (Å²) in [5.41, 5.74) is 0. The van der Waals surface area contributed by atoms with Crippen molar-refractivity contribution in [3.63, 3.8) is 0 Å². The number of carbonyl (C=O) groups excluding carboxylic acids is 1. The van der Waals surface area contributed by atoms with E-state index in [1.807, 2.05) is 6.92 Å². The Morgan fingerprint density at radius 3 is 1.95 bits per heavy atom. The number of amides is 1. The fraction of sp³-hybridized carbons (Fsp3) is 0.938. The lowest BCUT2D eigenvalue weighted by molar-refractivity contribution is -0.121. The Kier molecular flexibility index (Phi) is 10.9. The summed E-state index contributed by atoms with van der Waals surface area (Å²) >= 11 is 0. The molecule has 0 aromatic carbocycles. The SMILES string of the molecule is CCCC(=O)NCCN(CCC(C)C)CCC(C)C. The molecular formula is C16H34N2O. The lowest BCUT2D eigenvalue weighted by atomic mass is 10.1. The van der Waals surface area contributed by atoms with Crippen LogP contribution in [0.4, 0.5) is 0 Å². The molecule has 3 nitrogen and oxygen atoms in total. The zero-order chi connectivity index (χ0) is 14.7. The number of nitrogens with one attached hydrogen (secondary N) is 1. The quantitative estimate of drug-likeness (QED) is 0.625. The molecule has 0 atom stereocenters. The van der Waals surface area contributed by atoms with E-state index < -0.39 is 0 Å². The van der Waals surface area contributed by atoms with E-state index in [1.54, 1.807) is 0 Å². The average Bonchev–Trinajstić information content (AvgIpc) is 2.31. The second-order valence-corrected chi connectivity index (χ2v) is 6.31. The van der Waals surface area contributed by atoms with Gasteiger partial charge in [-0.15, -0.1) is 0 Å². The third-order valence-corrected chi connectivity index (χ3v) is 3.27. The molecule has 0 spiro atoms. The van der Waals surface area contributed by atoms with E-state index in [-0.39, 0.29) is 5.91 Å². The van der Waals surface area contributed by atoms with Gasteiger partial charge in [-0.1, -0.05) is 34.6 Å². The zero-order valence-corrected chi connectivity index (χ0v) is 13.7. The van der Waals surface area contributed by atoms with Crippen molar-refractivity contribution >= 4 is 5.91 Å². The number of nitrogens with zero attached hydrogens (tertiary/aromatic N) is 1. The molecule has 0 aliphatic rings. The summed E-state index contributed by atoms with van der Waals surface area (Å²) in [6.45, 7) is 15.2. The molecule has 0 unspecified atom stereocenters. The Morgan fingerprint density at radius 2 is 1.53 bits per heavy atom. The number of hydrogen-bond donors (Lipinski definition) is 1. The molecule has 0 aromatic rings. The zero-order valence-electron chi connectivity index (χ0n) is 13.7. The molecule has 1 N–H and O–H groups in total. The van der Waals surface area contributed by atoms with Crippen molar-refractivity contribution in [2.45, 2.75) is 60.3 Å². The average molecular weight is 270 g/mol. The minimum Gasteiger partial charge on any atom is -0.355 e. The van der Waals surface area contributed by atoms with Crippen molar-refractivity contribution in [3.05, 3.63) is 0 Å². The van der Waals surface area contributed by atoms with Crippen molar-refractivity contribution in [2.24, 2.45) is 11.8 Å².